The van der Waals surface area contributed by atoms with Crippen molar-refractivity contribution in [1.82, 2.24) is 0 Å². The normalized spacial score (nSPS) is 24.9. The Labute approximate surface area is 150 Å². The molecule has 5 rings (SSSR count). The fraction of sp³-hybridized carbons (Fsp3) is 0.182. The predicted octanol–water partition coefficient (Wildman–Crippen LogP) is 1.84. The van der Waals surface area contributed by atoms with Gasteiger partial charge in [-0.1, -0.05) is 48.5 Å². The number of hydrogen-bond donors (Lipinski definition) is 1. The van der Waals surface area contributed by atoms with Crippen LogP contribution in [0.4, 0.5) is 5.69 Å². The number of quaternary nitrogens is 2. The molecular weight excluding hydrogens is 323 g/mol. The zero-order valence-corrected chi connectivity index (χ0v) is 15.7. The van der Waals surface area contributed by atoms with Gasteiger partial charge in [-0.3, -0.25) is 0 Å². The van der Waals surface area contributed by atoms with E-state index >= 15 is 0 Å². The summed E-state index contributed by atoms with van der Waals surface area (Å²) in [6.07, 6.45) is 0. The third-order valence-electron chi connectivity index (χ3n) is 5.88. The number of hydrogen-bond acceptors (Lipinski definition) is 0. The van der Waals surface area contributed by atoms with Gasteiger partial charge in [0.1, 0.15) is 10.6 Å². The van der Waals surface area contributed by atoms with Gasteiger partial charge < -0.3 is 0 Å². The van der Waals surface area contributed by atoms with E-state index in [0.717, 1.165) is 4.48 Å². The molecule has 124 valence electrons. The highest BCUT2D eigenvalue weighted by atomic mass is 31.2. The van der Waals surface area contributed by atoms with Gasteiger partial charge in [-0.2, -0.15) is 9.38 Å². The van der Waals surface area contributed by atoms with E-state index in [1.807, 2.05) is 0 Å². The van der Waals surface area contributed by atoms with Gasteiger partial charge >= 0.3 is 5.91 Å². The van der Waals surface area contributed by atoms with E-state index < -0.39 is 7.26 Å². The summed E-state index contributed by atoms with van der Waals surface area (Å²) in [5, 5.41) is 4.61. The Kier molecular flexibility index (Phi) is 3.21. The molecule has 2 atom stereocenters. The molecule has 0 radical (unpaired) electrons. The SMILES string of the molecule is C[N+]1(C)C[NH+]2c3ccccc3[P+](c3ccccc3)(c3ccccc3)[C@H]21. The minimum Gasteiger partial charge on any atom is -0.200 e. The van der Waals surface area contributed by atoms with E-state index in [4.69, 9.17) is 0 Å². The quantitative estimate of drug-likeness (QED) is 0.533. The third-order valence-corrected chi connectivity index (χ3v) is 10.9. The van der Waals surface area contributed by atoms with Crippen LogP contribution in [-0.2, 0) is 0 Å². The van der Waals surface area contributed by atoms with Crippen molar-refractivity contribution in [2.75, 3.05) is 20.8 Å². The highest BCUT2D eigenvalue weighted by Crippen LogP contribution is 2.64. The molecule has 0 aromatic heterocycles. The maximum absolute atomic E-state index is 2.40. The van der Waals surface area contributed by atoms with Gasteiger partial charge in [0.25, 0.3) is 0 Å². The molecule has 2 aliphatic rings. The molecule has 0 saturated carbocycles. The first-order chi connectivity index (χ1) is 12.2. The molecule has 1 fully saturated rings. The Hall–Kier alpha value is -1.99. The number of fused-ring (bicyclic) bond motifs is 3. The molecule has 0 amide bonds. The van der Waals surface area contributed by atoms with E-state index in [1.165, 1.54) is 23.0 Å². The van der Waals surface area contributed by atoms with Gasteiger partial charge in [0.2, 0.25) is 13.9 Å². The minimum atomic E-state index is -1.69. The second-order valence-corrected chi connectivity index (χ2v) is 11.2. The van der Waals surface area contributed by atoms with Crippen LogP contribution in [0.3, 0.4) is 0 Å². The molecule has 25 heavy (non-hydrogen) atoms. The van der Waals surface area contributed by atoms with E-state index in [-0.39, 0.29) is 0 Å². The lowest BCUT2D eigenvalue weighted by Gasteiger charge is -2.47. The smallest absolute Gasteiger partial charge is 0.200 e. The number of para-hydroxylation sites is 1. The van der Waals surface area contributed by atoms with Gasteiger partial charge in [0.15, 0.2) is 11.0 Å². The van der Waals surface area contributed by atoms with Gasteiger partial charge in [-0.25, -0.2) is 0 Å². The first kappa shape index (κ1) is 15.3. The molecule has 3 aromatic carbocycles. The minimum absolute atomic E-state index is 0.578. The summed E-state index contributed by atoms with van der Waals surface area (Å²) in [6, 6.07) is 31.7. The van der Waals surface area contributed by atoms with E-state index in [0.29, 0.717) is 5.91 Å². The van der Waals surface area contributed by atoms with Crippen LogP contribution in [0.5, 0.6) is 0 Å². The molecule has 2 aliphatic heterocycles. The molecule has 2 heterocycles. The molecule has 3 aromatic rings. The second kappa shape index (κ2) is 5.25. The third kappa shape index (κ3) is 1.91. The van der Waals surface area contributed by atoms with E-state index in [9.17, 15) is 0 Å². The van der Waals surface area contributed by atoms with Crippen LogP contribution >= 0.6 is 7.26 Å². The van der Waals surface area contributed by atoms with E-state index in [2.05, 4.69) is 99.0 Å². The maximum atomic E-state index is 2.40. The van der Waals surface area contributed by atoms with Gasteiger partial charge in [0.05, 0.1) is 14.1 Å². The summed E-state index contributed by atoms with van der Waals surface area (Å²) < 4.78 is 1.08. The lowest BCUT2D eigenvalue weighted by atomic mass is 10.2. The molecule has 1 saturated heterocycles. The summed E-state index contributed by atoms with van der Waals surface area (Å²) in [6.45, 7) is 1.17. The first-order valence-corrected chi connectivity index (χ1v) is 10.8. The Morgan fingerprint density at radius 3 is 1.84 bits per heavy atom. The van der Waals surface area contributed by atoms with Gasteiger partial charge in [0, 0.05) is 6.07 Å². The van der Waals surface area contributed by atoms with Crippen LogP contribution in [-0.4, -0.2) is 31.2 Å². The van der Waals surface area contributed by atoms with Crippen LogP contribution in [0.25, 0.3) is 0 Å². The van der Waals surface area contributed by atoms with Crippen molar-refractivity contribution in [2.45, 2.75) is 5.91 Å². The Morgan fingerprint density at radius 1 is 0.760 bits per heavy atom. The summed E-state index contributed by atoms with van der Waals surface area (Å²) in [5.74, 6) is 0.578. The van der Waals surface area contributed by atoms with Gasteiger partial charge in [-0.05, 0) is 30.3 Å². The molecule has 1 N–H and O–H groups in total. The van der Waals surface area contributed by atoms with Crippen LogP contribution < -0.4 is 20.8 Å². The maximum Gasteiger partial charge on any atom is 0.334 e. The Bertz CT molecular complexity index is 882. The second-order valence-electron chi connectivity index (χ2n) is 7.75. The van der Waals surface area contributed by atoms with Gasteiger partial charge in [-0.15, -0.1) is 0 Å². The summed E-state index contributed by atoms with van der Waals surface area (Å²) >= 11 is 0. The Morgan fingerprint density at radius 2 is 1.28 bits per heavy atom. The van der Waals surface area contributed by atoms with Crippen molar-refractivity contribution < 1.29 is 9.38 Å². The average molecular weight is 347 g/mol. The monoisotopic (exact) mass is 347 g/mol. The van der Waals surface area contributed by atoms with Crippen molar-refractivity contribution in [3.8, 4) is 0 Å². The lowest BCUT2D eigenvalue weighted by molar-refractivity contribution is -1.24. The van der Waals surface area contributed by atoms with Crippen LogP contribution in [0.15, 0.2) is 84.9 Å². The highest BCUT2D eigenvalue weighted by Gasteiger charge is 2.78. The van der Waals surface area contributed by atoms with E-state index in [1.54, 1.807) is 10.2 Å². The zero-order valence-electron chi connectivity index (χ0n) is 14.8. The summed E-state index contributed by atoms with van der Waals surface area (Å²) in [5.41, 5.74) is 1.52. The highest BCUT2D eigenvalue weighted by molar-refractivity contribution is 7.96. The summed E-state index contributed by atoms with van der Waals surface area (Å²) in [7, 11) is 3.12. The van der Waals surface area contributed by atoms with Crippen molar-refractivity contribution in [3.05, 3.63) is 84.9 Å². The topological polar surface area (TPSA) is 4.44 Å². The number of benzene rings is 3. The number of nitrogens with one attached hydrogen (secondary N) is 1. The zero-order chi connectivity index (χ0) is 17.1. The van der Waals surface area contributed by atoms with Crippen molar-refractivity contribution in [1.29, 1.82) is 0 Å². The standard InChI is InChI=1S/C22H23N2P/c1-24(2)17-23-20-15-9-10-16-21(20)25(22(23)24,18-11-5-3-6-12-18)19-13-7-4-8-14-19/h3-16,22H,17H2,1-2H3/q+2/p+1/t22-/m1/s1. The Balaban J connectivity index is 1.89. The van der Waals surface area contributed by atoms with Crippen LogP contribution in [0, 0.1) is 0 Å². The lowest BCUT2D eigenvalue weighted by Crippen LogP contribution is -3.24. The largest absolute Gasteiger partial charge is 0.334 e. The van der Waals surface area contributed by atoms with Crippen LogP contribution in [0.1, 0.15) is 0 Å². The number of rotatable bonds is 2. The van der Waals surface area contributed by atoms with Crippen molar-refractivity contribution in [2.24, 2.45) is 0 Å². The first-order valence-electron chi connectivity index (χ1n) is 8.94. The average Bonchev–Trinajstić information content (AvgIpc) is 2.91. The van der Waals surface area contributed by atoms with Crippen molar-refractivity contribution in [3.63, 3.8) is 0 Å². The molecule has 0 spiro atoms. The molecular formula is C22H24N2P+3. The number of nitrogens with zero attached hydrogens (tertiary/aromatic N) is 1. The molecule has 1 unspecified atom stereocenters. The fourth-order valence-electron chi connectivity index (χ4n) is 5.06. The predicted molar refractivity (Wildman–Crippen MR) is 107 cm³/mol. The van der Waals surface area contributed by atoms with Crippen LogP contribution in [0.2, 0.25) is 0 Å². The molecule has 2 nitrogen and oxygen atoms in total. The fourth-order valence-corrected chi connectivity index (χ4v) is 10.7. The van der Waals surface area contributed by atoms with Crippen molar-refractivity contribution >= 4 is 28.9 Å². The molecule has 0 aliphatic carbocycles. The summed E-state index contributed by atoms with van der Waals surface area (Å²) in [4.78, 5) is 1.67. The molecule has 3 heteroatoms. The molecule has 0 bridgehead atoms.